The fourth-order valence-corrected chi connectivity index (χ4v) is 2.68. The summed E-state index contributed by atoms with van der Waals surface area (Å²) in [5, 5.41) is 7.00. The molecule has 0 aliphatic heterocycles. The van der Waals surface area contributed by atoms with Crippen LogP contribution < -0.4 is 5.32 Å². The lowest BCUT2D eigenvalue weighted by atomic mass is 10.0. The van der Waals surface area contributed by atoms with Crippen LogP contribution in [0.5, 0.6) is 0 Å². The summed E-state index contributed by atoms with van der Waals surface area (Å²) in [6.45, 7) is 5.58. The molecule has 0 saturated heterocycles. The van der Waals surface area contributed by atoms with E-state index in [0.29, 0.717) is 33.3 Å². The summed E-state index contributed by atoms with van der Waals surface area (Å²) in [6, 6.07) is 15.2. The number of aromatic nitrogens is 1. The number of ketones is 1. The van der Waals surface area contributed by atoms with Crippen molar-refractivity contribution in [1.29, 1.82) is 0 Å². The normalized spacial score (nSPS) is 10.4. The maximum Gasteiger partial charge on any atom is 0.232 e. The molecule has 27 heavy (non-hydrogen) atoms. The maximum atomic E-state index is 12.8. The predicted molar refractivity (Wildman–Crippen MR) is 105 cm³/mol. The number of halogens is 1. The Morgan fingerprint density at radius 1 is 1.15 bits per heavy atom. The summed E-state index contributed by atoms with van der Waals surface area (Å²) < 4.78 is 5.14. The second-order valence-corrected chi connectivity index (χ2v) is 6.51. The molecule has 3 rings (SSSR count). The lowest BCUT2D eigenvalue weighted by Crippen LogP contribution is -2.17. The third kappa shape index (κ3) is 4.51. The molecule has 2 aromatic carbocycles. The molecule has 0 aliphatic carbocycles. The summed E-state index contributed by atoms with van der Waals surface area (Å²) in [4.78, 5) is 25.2. The number of anilines is 1. The van der Waals surface area contributed by atoms with Crippen molar-refractivity contribution >= 4 is 34.6 Å². The molecule has 1 heterocycles. The molecular weight excluding hydrogens is 364 g/mol. The number of hydrogen-bond donors (Lipinski definition) is 1. The number of allylic oxidation sites excluding steroid dienone is 1. The average molecular weight is 381 g/mol. The molecule has 0 radical (unpaired) electrons. The van der Waals surface area contributed by atoms with Crippen molar-refractivity contribution in [2.75, 3.05) is 5.32 Å². The minimum Gasteiger partial charge on any atom is -0.360 e. The van der Waals surface area contributed by atoms with Crippen molar-refractivity contribution in [2.24, 2.45) is 0 Å². The molecule has 1 amide bonds. The van der Waals surface area contributed by atoms with Crippen LogP contribution in [0.4, 0.5) is 5.69 Å². The summed E-state index contributed by atoms with van der Waals surface area (Å²) in [5.74, 6) is -0.142. The number of hydrogen-bond acceptors (Lipinski definition) is 4. The van der Waals surface area contributed by atoms with Gasteiger partial charge in [0.1, 0.15) is 11.5 Å². The zero-order valence-electron chi connectivity index (χ0n) is 14.7. The zero-order valence-corrected chi connectivity index (χ0v) is 15.4. The van der Waals surface area contributed by atoms with Crippen LogP contribution in [0.1, 0.15) is 34.3 Å². The molecule has 3 aromatic rings. The molecule has 0 fully saturated rings. The van der Waals surface area contributed by atoms with Gasteiger partial charge in [-0.15, -0.1) is 0 Å². The Bertz CT molecular complexity index is 1010. The Morgan fingerprint density at radius 3 is 2.56 bits per heavy atom. The van der Waals surface area contributed by atoms with Gasteiger partial charge < -0.3 is 9.84 Å². The SMILES string of the molecule is C=C(C)c1cc(CC(=O)Nc2ccc(Cl)cc2C(=O)c2ccccc2)on1. The van der Waals surface area contributed by atoms with Gasteiger partial charge in [0.05, 0.1) is 12.1 Å². The van der Waals surface area contributed by atoms with Crippen LogP contribution >= 0.6 is 11.6 Å². The topological polar surface area (TPSA) is 72.2 Å². The van der Waals surface area contributed by atoms with Gasteiger partial charge in [0.2, 0.25) is 5.91 Å². The van der Waals surface area contributed by atoms with Crippen molar-refractivity contribution in [2.45, 2.75) is 13.3 Å². The third-order valence-electron chi connectivity index (χ3n) is 3.87. The number of carbonyl (C=O) groups excluding carboxylic acids is 2. The van der Waals surface area contributed by atoms with Gasteiger partial charge in [0.25, 0.3) is 0 Å². The van der Waals surface area contributed by atoms with Crippen molar-refractivity contribution < 1.29 is 14.1 Å². The van der Waals surface area contributed by atoms with E-state index in [2.05, 4.69) is 17.1 Å². The fraction of sp³-hybridized carbons (Fsp3) is 0.0952. The van der Waals surface area contributed by atoms with E-state index in [1.807, 2.05) is 6.07 Å². The van der Waals surface area contributed by atoms with Gasteiger partial charge >= 0.3 is 0 Å². The van der Waals surface area contributed by atoms with Gasteiger partial charge in [-0.25, -0.2) is 0 Å². The highest BCUT2D eigenvalue weighted by atomic mass is 35.5. The van der Waals surface area contributed by atoms with Crippen molar-refractivity contribution in [3.05, 3.63) is 88.8 Å². The highest BCUT2D eigenvalue weighted by Crippen LogP contribution is 2.24. The number of nitrogens with one attached hydrogen (secondary N) is 1. The molecule has 0 aliphatic rings. The molecule has 1 aromatic heterocycles. The molecule has 136 valence electrons. The van der Waals surface area contributed by atoms with Gasteiger partial charge in [-0.05, 0) is 30.7 Å². The standard InChI is InChI=1S/C21H17ClN2O3/c1-13(2)19-11-16(27-24-19)12-20(25)23-18-9-8-15(22)10-17(18)21(26)14-6-4-3-5-7-14/h3-11H,1,12H2,2H3,(H,23,25). The Balaban J connectivity index is 1.81. The van der Waals surface area contributed by atoms with E-state index in [-0.39, 0.29) is 18.1 Å². The second-order valence-electron chi connectivity index (χ2n) is 6.07. The zero-order chi connectivity index (χ0) is 19.4. The molecule has 0 spiro atoms. The first-order chi connectivity index (χ1) is 12.9. The van der Waals surface area contributed by atoms with Gasteiger partial charge in [-0.1, -0.05) is 53.7 Å². The largest absolute Gasteiger partial charge is 0.360 e. The Kier molecular flexibility index (Phi) is 5.52. The van der Waals surface area contributed by atoms with Crippen LogP contribution in [-0.4, -0.2) is 16.8 Å². The van der Waals surface area contributed by atoms with E-state index >= 15 is 0 Å². The molecule has 0 atom stereocenters. The van der Waals surface area contributed by atoms with Crippen LogP contribution in [0.25, 0.3) is 5.57 Å². The van der Waals surface area contributed by atoms with Crippen LogP contribution in [0.15, 0.2) is 65.7 Å². The summed E-state index contributed by atoms with van der Waals surface area (Å²) in [7, 11) is 0. The Hall–Kier alpha value is -3.18. The van der Waals surface area contributed by atoms with Crippen LogP contribution in [0, 0.1) is 0 Å². The summed E-state index contributed by atoms with van der Waals surface area (Å²) >= 11 is 6.05. The number of carbonyl (C=O) groups is 2. The number of benzene rings is 2. The number of amides is 1. The third-order valence-corrected chi connectivity index (χ3v) is 4.10. The summed E-state index contributed by atoms with van der Waals surface area (Å²) in [6.07, 6.45) is -0.0120. The minimum atomic E-state index is -0.330. The van der Waals surface area contributed by atoms with Gasteiger partial charge in [-0.2, -0.15) is 0 Å². The van der Waals surface area contributed by atoms with E-state index < -0.39 is 0 Å². The average Bonchev–Trinajstić information content (AvgIpc) is 3.12. The smallest absolute Gasteiger partial charge is 0.232 e. The van der Waals surface area contributed by atoms with Crippen LogP contribution in [-0.2, 0) is 11.2 Å². The van der Waals surface area contributed by atoms with Crippen LogP contribution in [0.3, 0.4) is 0 Å². The quantitative estimate of drug-likeness (QED) is 0.625. The van der Waals surface area contributed by atoms with Gasteiger partial charge in [-0.3, -0.25) is 9.59 Å². The Morgan fingerprint density at radius 2 is 1.89 bits per heavy atom. The molecule has 0 saturated carbocycles. The first kappa shape index (κ1) is 18.6. The fourth-order valence-electron chi connectivity index (χ4n) is 2.51. The highest BCUT2D eigenvalue weighted by Gasteiger charge is 2.17. The monoisotopic (exact) mass is 380 g/mol. The predicted octanol–water partition coefficient (Wildman–Crippen LogP) is 4.77. The van der Waals surface area contributed by atoms with Crippen molar-refractivity contribution in [3.8, 4) is 0 Å². The van der Waals surface area contributed by atoms with E-state index in [1.54, 1.807) is 55.5 Å². The first-order valence-electron chi connectivity index (χ1n) is 8.24. The summed E-state index contributed by atoms with van der Waals surface area (Å²) in [5.41, 5.74) is 2.57. The number of rotatable bonds is 6. The second kappa shape index (κ2) is 8.01. The van der Waals surface area contributed by atoms with E-state index in [9.17, 15) is 9.59 Å². The van der Waals surface area contributed by atoms with Crippen LogP contribution in [0.2, 0.25) is 5.02 Å². The molecule has 1 N–H and O–H groups in total. The van der Waals surface area contributed by atoms with Crippen molar-refractivity contribution in [3.63, 3.8) is 0 Å². The molecule has 0 bridgehead atoms. The molecular formula is C21H17ClN2O3. The number of nitrogens with zero attached hydrogens (tertiary/aromatic N) is 1. The maximum absolute atomic E-state index is 12.8. The van der Waals surface area contributed by atoms with Gasteiger partial charge in [0.15, 0.2) is 5.78 Å². The van der Waals surface area contributed by atoms with E-state index in [0.717, 1.165) is 5.57 Å². The van der Waals surface area contributed by atoms with Crippen molar-refractivity contribution in [1.82, 2.24) is 5.16 Å². The molecule has 6 heteroatoms. The molecule has 5 nitrogen and oxygen atoms in total. The first-order valence-corrected chi connectivity index (χ1v) is 8.62. The highest BCUT2D eigenvalue weighted by molar-refractivity contribution is 6.31. The van der Waals surface area contributed by atoms with E-state index in [4.69, 9.17) is 16.1 Å². The lowest BCUT2D eigenvalue weighted by molar-refractivity contribution is -0.115. The lowest BCUT2D eigenvalue weighted by Gasteiger charge is -2.11. The van der Waals surface area contributed by atoms with E-state index in [1.165, 1.54) is 0 Å². The minimum absolute atomic E-state index is 0.0120. The van der Waals surface area contributed by atoms with Gasteiger partial charge in [0, 0.05) is 22.2 Å². The Labute approximate surface area is 161 Å². The molecule has 0 unspecified atom stereocenters.